The molecule has 0 aromatic heterocycles. The third-order valence-electron chi connectivity index (χ3n) is 6.62. The molecule has 1 aliphatic carbocycles. The molecule has 0 unspecified atom stereocenters. The van der Waals surface area contributed by atoms with Gasteiger partial charge < -0.3 is 14.4 Å². The predicted octanol–water partition coefficient (Wildman–Crippen LogP) is 2.32. The molecule has 0 bridgehead atoms. The summed E-state index contributed by atoms with van der Waals surface area (Å²) in [7, 11) is 0. The first kappa shape index (κ1) is 17.0. The van der Waals surface area contributed by atoms with Crippen LogP contribution in [0.4, 0.5) is 0 Å². The first-order valence-corrected chi connectivity index (χ1v) is 10.2. The third kappa shape index (κ3) is 3.00. The number of likely N-dealkylation sites (tertiary alicyclic amines) is 2. The Kier molecular flexibility index (Phi) is 4.31. The summed E-state index contributed by atoms with van der Waals surface area (Å²) >= 11 is 0. The first-order valence-electron chi connectivity index (χ1n) is 10.2. The molecular formula is C21H26N2O4. The number of carbonyl (C=O) groups excluding carboxylic acids is 2. The summed E-state index contributed by atoms with van der Waals surface area (Å²) in [6.45, 7) is 3.58. The van der Waals surface area contributed by atoms with Gasteiger partial charge in [-0.25, -0.2) is 0 Å². The van der Waals surface area contributed by atoms with Crippen molar-refractivity contribution in [2.24, 2.45) is 11.8 Å². The molecule has 1 amide bonds. The molecule has 3 aliphatic heterocycles. The Balaban J connectivity index is 1.17. The second-order valence-electron chi connectivity index (χ2n) is 8.17. The number of Topliss-reactive ketones (excluding diaryl/α,β-unsaturated/α-hetero) is 1. The Morgan fingerprint density at radius 1 is 1.04 bits per heavy atom. The van der Waals surface area contributed by atoms with Crippen molar-refractivity contribution in [2.75, 3.05) is 33.0 Å². The molecule has 0 radical (unpaired) electrons. The number of piperidine rings is 1. The number of amides is 1. The average molecular weight is 370 g/mol. The molecule has 27 heavy (non-hydrogen) atoms. The van der Waals surface area contributed by atoms with Gasteiger partial charge in [0, 0.05) is 30.6 Å². The molecule has 2 saturated heterocycles. The van der Waals surface area contributed by atoms with E-state index in [0.717, 1.165) is 51.2 Å². The fourth-order valence-corrected chi connectivity index (χ4v) is 5.05. The van der Waals surface area contributed by atoms with Crippen LogP contribution < -0.4 is 9.47 Å². The van der Waals surface area contributed by atoms with E-state index in [1.165, 1.54) is 6.42 Å². The van der Waals surface area contributed by atoms with Crippen molar-refractivity contribution in [1.29, 1.82) is 0 Å². The van der Waals surface area contributed by atoms with Crippen LogP contribution in [0.2, 0.25) is 0 Å². The highest BCUT2D eigenvalue weighted by molar-refractivity contribution is 5.98. The zero-order valence-corrected chi connectivity index (χ0v) is 15.6. The van der Waals surface area contributed by atoms with Crippen LogP contribution in [0.25, 0.3) is 0 Å². The molecule has 144 valence electrons. The molecular weight excluding hydrogens is 344 g/mol. The number of benzene rings is 1. The molecule has 1 aromatic rings. The largest absolute Gasteiger partial charge is 0.486 e. The fourth-order valence-electron chi connectivity index (χ4n) is 5.05. The minimum absolute atomic E-state index is 0.0510. The van der Waals surface area contributed by atoms with E-state index in [-0.39, 0.29) is 11.7 Å². The van der Waals surface area contributed by atoms with Gasteiger partial charge in [0.2, 0.25) is 5.91 Å². The molecule has 5 rings (SSSR count). The number of hydrogen-bond acceptors (Lipinski definition) is 5. The average Bonchev–Trinajstić information content (AvgIpc) is 3.16. The lowest BCUT2D eigenvalue weighted by molar-refractivity contribution is -0.158. The Bertz CT molecular complexity index is 757. The van der Waals surface area contributed by atoms with Crippen LogP contribution in [0.5, 0.6) is 11.5 Å². The molecule has 6 heteroatoms. The fraction of sp³-hybridized carbons (Fsp3) is 0.619. The Labute approximate surface area is 159 Å². The lowest BCUT2D eigenvalue weighted by Crippen LogP contribution is -2.61. The number of ether oxygens (including phenoxy) is 2. The third-order valence-corrected chi connectivity index (χ3v) is 6.62. The summed E-state index contributed by atoms with van der Waals surface area (Å²) in [6.07, 6.45) is 5.12. The minimum atomic E-state index is 0.0510. The van der Waals surface area contributed by atoms with Crippen molar-refractivity contribution in [3.63, 3.8) is 0 Å². The van der Waals surface area contributed by atoms with E-state index in [1.807, 2.05) is 18.2 Å². The number of fused-ring (bicyclic) bond motifs is 2. The van der Waals surface area contributed by atoms with Crippen LogP contribution >= 0.6 is 0 Å². The summed E-state index contributed by atoms with van der Waals surface area (Å²) in [5, 5.41) is 0. The smallest absolute Gasteiger partial charge is 0.229 e. The summed E-state index contributed by atoms with van der Waals surface area (Å²) in [6, 6.07) is 5.99. The summed E-state index contributed by atoms with van der Waals surface area (Å²) in [4.78, 5) is 29.5. The molecule has 2 atom stereocenters. The van der Waals surface area contributed by atoms with Crippen molar-refractivity contribution in [1.82, 2.24) is 9.80 Å². The highest BCUT2D eigenvalue weighted by Crippen LogP contribution is 2.40. The van der Waals surface area contributed by atoms with Gasteiger partial charge in [0.15, 0.2) is 17.3 Å². The van der Waals surface area contributed by atoms with Gasteiger partial charge in [-0.05, 0) is 43.9 Å². The maximum atomic E-state index is 12.9. The normalized spacial score (nSPS) is 28.0. The van der Waals surface area contributed by atoms with Crippen LogP contribution in [-0.4, -0.2) is 60.5 Å². The van der Waals surface area contributed by atoms with Crippen molar-refractivity contribution in [2.45, 2.75) is 38.1 Å². The number of ketones is 1. The number of β-lactam (4-membered cyclic amide) rings is 1. The first-order chi connectivity index (χ1) is 13.2. The van der Waals surface area contributed by atoms with Gasteiger partial charge >= 0.3 is 0 Å². The molecule has 0 spiro atoms. The predicted molar refractivity (Wildman–Crippen MR) is 98.9 cm³/mol. The van der Waals surface area contributed by atoms with E-state index in [0.29, 0.717) is 42.4 Å². The number of rotatable bonds is 4. The zero-order valence-electron chi connectivity index (χ0n) is 15.6. The van der Waals surface area contributed by atoms with E-state index in [2.05, 4.69) is 9.80 Å². The van der Waals surface area contributed by atoms with Crippen molar-refractivity contribution in [3.8, 4) is 11.5 Å². The monoisotopic (exact) mass is 370 g/mol. The Hall–Kier alpha value is -2.08. The quantitative estimate of drug-likeness (QED) is 0.601. The SMILES string of the molecule is O=C(c1ccc2c(c1)OCCO2)C1CCN(CN2C(=O)[C@@H]3CCC[C@@H]32)CC1. The van der Waals surface area contributed by atoms with Crippen LogP contribution in [0.3, 0.4) is 0 Å². The summed E-state index contributed by atoms with van der Waals surface area (Å²) in [5.41, 5.74) is 0.712. The van der Waals surface area contributed by atoms with Gasteiger partial charge in [0.05, 0.1) is 12.6 Å². The number of hydrogen-bond donors (Lipinski definition) is 0. The molecule has 4 aliphatic rings. The highest BCUT2D eigenvalue weighted by Gasteiger charge is 2.49. The van der Waals surface area contributed by atoms with E-state index in [9.17, 15) is 9.59 Å². The van der Waals surface area contributed by atoms with Crippen molar-refractivity contribution in [3.05, 3.63) is 23.8 Å². The van der Waals surface area contributed by atoms with Crippen LogP contribution in [-0.2, 0) is 4.79 Å². The Morgan fingerprint density at radius 2 is 1.81 bits per heavy atom. The van der Waals surface area contributed by atoms with E-state index < -0.39 is 0 Å². The van der Waals surface area contributed by atoms with Crippen LogP contribution in [0.15, 0.2) is 18.2 Å². The Morgan fingerprint density at radius 3 is 2.63 bits per heavy atom. The van der Waals surface area contributed by atoms with E-state index in [4.69, 9.17) is 9.47 Å². The maximum absolute atomic E-state index is 12.9. The topological polar surface area (TPSA) is 59.1 Å². The van der Waals surface area contributed by atoms with Crippen molar-refractivity contribution >= 4 is 11.7 Å². The number of carbonyl (C=O) groups is 2. The second kappa shape index (κ2) is 6.82. The van der Waals surface area contributed by atoms with Gasteiger partial charge in [-0.1, -0.05) is 6.42 Å². The molecule has 3 fully saturated rings. The van der Waals surface area contributed by atoms with Gasteiger partial charge in [0.25, 0.3) is 0 Å². The number of nitrogens with zero attached hydrogens (tertiary/aromatic N) is 2. The van der Waals surface area contributed by atoms with Crippen LogP contribution in [0.1, 0.15) is 42.5 Å². The van der Waals surface area contributed by atoms with Crippen molar-refractivity contribution < 1.29 is 19.1 Å². The van der Waals surface area contributed by atoms with Gasteiger partial charge in [-0.3, -0.25) is 14.5 Å². The molecule has 3 heterocycles. The lowest BCUT2D eigenvalue weighted by Gasteiger charge is -2.47. The summed E-state index contributed by atoms with van der Waals surface area (Å²) < 4.78 is 11.1. The minimum Gasteiger partial charge on any atom is -0.486 e. The van der Waals surface area contributed by atoms with E-state index >= 15 is 0 Å². The molecule has 1 aromatic carbocycles. The van der Waals surface area contributed by atoms with Gasteiger partial charge in [0.1, 0.15) is 13.2 Å². The molecule has 6 nitrogen and oxygen atoms in total. The molecule has 1 saturated carbocycles. The molecule has 0 N–H and O–H groups in total. The standard InChI is InChI=1S/C21H26N2O4/c24-20(15-4-5-18-19(12-15)27-11-10-26-18)14-6-8-22(9-7-14)13-23-17-3-1-2-16(17)21(23)25/h4-5,12,14,16-17H,1-3,6-11,13H2/t16-,17+/m1/s1. The summed E-state index contributed by atoms with van der Waals surface area (Å²) in [5.74, 6) is 2.29. The zero-order chi connectivity index (χ0) is 18.4. The lowest BCUT2D eigenvalue weighted by atomic mass is 9.88. The highest BCUT2D eigenvalue weighted by atomic mass is 16.6. The van der Waals surface area contributed by atoms with Gasteiger partial charge in [-0.2, -0.15) is 0 Å². The van der Waals surface area contributed by atoms with Crippen LogP contribution in [0, 0.1) is 11.8 Å². The maximum Gasteiger partial charge on any atom is 0.229 e. The van der Waals surface area contributed by atoms with E-state index in [1.54, 1.807) is 0 Å². The van der Waals surface area contributed by atoms with Gasteiger partial charge in [-0.15, -0.1) is 0 Å². The second-order valence-corrected chi connectivity index (χ2v) is 8.17.